The highest BCUT2D eigenvalue weighted by molar-refractivity contribution is 5.56. The van der Waals surface area contributed by atoms with Crippen LogP contribution in [-0.4, -0.2) is 6.21 Å². The topological polar surface area (TPSA) is 21.6 Å². The van der Waals surface area contributed by atoms with Gasteiger partial charge in [-0.05, 0) is 18.9 Å². The number of allylic oxidation sites excluding steroid dienone is 1. The van der Waals surface area contributed by atoms with Crippen LogP contribution < -0.4 is 0 Å². The molecule has 0 aromatic rings. The lowest BCUT2D eigenvalue weighted by molar-refractivity contribution is 0.271. The van der Waals surface area contributed by atoms with Crippen LogP contribution in [0.3, 0.4) is 0 Å². The molecule has 2 heteroatoms. The fourth-order valence-electron chi connectivity index (χ4n) is 0.372. The van der Waals surface area contributed by atoms with Crippen molar-refractivity contribution < 1.29 is 4.84 Å². The van der Waals surface area contributed by atoms with Gasteiger partial charge in [-0.25, -0.2) is 0 Å². The van der Waals surface area contributed by atoms with E-state index in [-0.39, 0.29) is 0 Å². The van der Waals surface area contributed by atoms with Crippen LogP contribution in [0.5, 0.6) is 0 Å². The molecule has 0 unspecified atom stereocenters. The second-order valence-electron chi connectivity index (χ2n) is 1.27. The lowest BCUT2D eigenvalue weighted by Gasteiger charge is -1.76. The molecule has 0 saturated heterocycles. The van der Waals surface area contributed by atoms with E-state index in [4.69, 9.17) is 0 Å². The van der Waals surface area contributed by atoms with Crippen molar-refractivity contribution in [2.24, 2.45) is 5.16 Å². The zero-order valence-electron chi connectivity index (χ0n) is 3.92. The molecule has 0 saturated carbocycles. The summed E-state index contributed by atoms with van der Waals surface area (Å²) in [6, 6.07) is 0. The molecule has 0 fully saturated rings. The van der Waals surface area contributed by atoms with Crippen LogP contribution in [0.15, 0.2) is 17.5 Å². The summed E-state index contributed by atoms with van der Waals surface area (Å²) in [7, 11) is 0. The van der Waals surface area contributed by atoms with Gasteiger partial charge < -0.3 is 4.84 Å². The maximum absolute atomic E-state index is 4.53. The third-order valence-corrected chi connectivity index (χ3v) is 0.697. The SMILES string of the molecule is [C]1=NOC=CCC1. The maximum atomic E-state index is 4.53. The fraction of sp³-hybridized carbons (Fsp3) is 0.400. The third-order valence-electron chi connectivity index (χ3n) is 0.697. The molecule has 1 heterocycles. The number of hydrogen-bond donors (Lipinski definition) is 0. The van der Waals surface area contributed by atoms with Crippen LogP contribution in [0.1, 0.15) is 12.8 Å². The molecule has 2 nitrogen and oxygen atoms in total. The molecule has 1 aliphatic heterocycles. The zero-order chi connectivity index (χ0) is 4.95. The van der Waals surface area contributed by atoms with E-state index in [9.17, 15) is 0 Å². The highest BCUT2D eigenvalue weighted by Gasteiger charge is 1.82. The maximum Gasteiger partial charge on any atom is 0.118 e. The summed E-state index contributed by atoms with van der Waals surface area (Å²) < 4.78 is 0. The Labute approximate surface area is 42.5 Å². The van der Waals surface area contributed by atoms with Crippen molar-refractivity contribution in [2.75, 3.05) is 0 Å². The van der Waals surface area contributed by atoms with E-state index < -0.39 is 0 Å². The summed E-state index contributed by atoms with van der Waals surface area (Å²) in [6.45, 7) is 0. The van der Waals surface area contributed by atoms with Gasteiger partial charge in [0.05, 0.1) is 0 Å². The van der Waals surface area contributed by atoms with E-state index in [0.29, 0.717) is 0 Å². The van der Waals surface area contributed by atoms with Gasteiger partial charge in [-0.15, -0.1) is 0 Å². The molecular formula is C5H6NO. The van der Waals surface area contributed by atoms with Gasteiger partial charge in [0.2, 0.25) is 0 Å². The quantitative estimate of drug-likeness (QED) is 0.443. The van der Waals surface area contributed by atoms with Crippen LogP contribution in [0.2, 0.25) is 0 Å². The number of hydrogen-bond acceptors (Lipinski definition) is 2. The summed E-state index contributed by atoms with van der Waals surface area (Å²) in [5.41, 5.74) is 0. The Hall–Kier alpha value is -0.790. The van der Waals surface area contributed by atoms with E-state index >= 15 is 0 Å². The Morgan fingerprint density at radius 3 is 3.71 bits per heavy atom. The Balaban J connectivity index is 2.38. The van der Waals surface area contributed by atoms with Crippen molar-refractivity contribution in [3.63, 3.8) is 0 Å². The first-order valence-electron chi connectivity index (χ1n) is 2.24. The molecule has 0 aromatic carbocycles. The minimum absolute atomic E-state index is 0.872. The molecule has 7 heavy (non-hydrogen) atoms. The second-order valence-corrected chi connectivity index (χ2v) is 1.27. The van der Waals surface area contributed by atoms with E-state index in [0.717, 1.165) is 12.8 Å². The first-order valence-corrected chi connectivity index (χ1v) is 2.24. The first-order chi connectivity index (χ1) is 3.50. The molecule has 0 atom stereocenters. The van der Waals surface area contributed by atoms with Gasteiger partial charge in [-0.1, -0.05) is 5.16 Å². The van der Waals surface area contributed by atoms with Crippen LogP contribution in [0.4, 0.5) is 0 Å². The fourth-order valence-corrected chi connectivity index (χ4v) is 0.372. The van der Waals surface area contributed by atoms with Gasteiger partial charge in [0, 0.05) is 0 Å². The molecule has 0 spiro atoms. The highest BCUT2D eigenvalue weighted by atomic mass is 16.6. The Morgan fingerprint density at radius 1 is 1.71 bits per heavy atom. The average Bonchev–Trinajstić information content (AvgIpc) is 1.90. The van der Waals surface area contributed by atoms with Gasteiger partial charge in [0.25, 0.3) is 0 Å². The molecule has 37 valence electrons. The first kappa shape index (κ1) is 4.37. The Bertz CT molecular complexity index is 84.3. The molecule has 0 bridgehead atoms. The van der Waals surface area contributed by atoms with Crippen molar-refractivity contribution in [1.82, 2.24) is 0 Å². The molecule has 0 aliphatic carbocycles. The van der Waals surface area contributed by atoms with Gasteiger partial charge in [0.1, 0.15) is 12.5 Å². The third kappa shape index (κ3) is 1.39. The van der Waals surface area contributed by atoms with Gasteiger partial charge in [0.15, 0.2) is 0 Å². The van der Waals surface area contributed by atoms with Crippen molar-refractivity contribution in [3.05, 3.63) is 12.3 Å². The minimum atomic E-state index is 0.872. The summed E-state index contributed by atoms with van der Waals surface area (Å²) >= 11 is 0. The standard InChI is InChI=1S/C5H6NO/c1-2-4-6-7-5-3-1/h3,5H,1-2H2. The van der Waals surface area contributed by atoms with Crippen molar-refractivity contribution in [2.45, 2.75) is 12.8 Å². The monoisotopic (exact) mass is 96.0 g/mol. The molecule has 1 radical (unpaired) electrons. The Kier molecular flexibility index (Phi) is 1.50. The van der Waals surface area contributed by atoms with E-state index in [1.807, 2.05) is 6.08 Å². The van der Waals surface area contributed by atoms with Crippen molar-refractivity contribution in [1.29, 1.82) is 0 Å². The smallest absolute Gasteiger partial charge is 0.118 e. The molecule has 0 N–H and O–H groups in total. The average molecular weight is 96.1 g/mol. The predicted octanol–water partition coefficient (Wildman–Crippen LogP) is 1.17. The van der Waals surface area contributed by atoms with Crippen LogP contribution >= 0.6 is 0 Å². The second kappa shape index (κ2) is 2.39. The predicted molar refractivity (Wildman–Crippen MR) is 26.9 cm³/mol. The lowest BCUT2D eigenvalue weighted by Crippen LogP contribution is -1.67. The zero-order valence-corrected chi connectivity index (χ0v) is 3.92. The van der Waals surface area contributed by atoms with Crippen molar-refractivity contribution in [3.8, 4) is 0 Å². The lowest BCUT2D eigenvalue weighted by atomic mass is 10.3. The minimum Gasteiger partial charge on any atom is -0.365 e. The number of rotatable bonds is 0. The van der Waals surface area contributed by atoms with E-state index in [2.05, 4.69) is 16.2 Å². The Morgan fingerprint density at radius 2 is 2.71 bits per heavy atom. The summed E-state index contributed by atoms with van der Waals surface area (Å²) in [5.74, 6) is 0. The normalized spacial score (nSPS) is 18.3. The molecule has 0 aromatic heterocycles. The molecule has 1 aliphatic rings. The molecular weight excluding hydrogens is 90.1 g/mol. The van der Waals surface area contributed by atoms with E-state index in [1.165, 1.54) is 0 Å². The highest BCUT2D eigenvalue weighted by Crippen LogP contribution is 1.93. The molecule has 0 amide bonds. The summed E-state index contributed by atoms with van der Waals surface area (Å²) in [5, 5.41) is 3.43. The van der Waals surface area contributed by atoms with Crippen LogP contribution in [-0.2, 0) is 4.84 Å². The van der Waals surface area contributed by atoms with Crippen LogP contribution in [0.25, 0.3) is 0 Å². The summed E-state index contributed by atoms with van der Waals surface area (Å²) in [4.78, 5) is 4.53. The van der Waals surface area contributed by atoms with E-state index in [1.54, 1.807) is 6.26 Å². The van der Waals surface area contributed by atoms with Crippen molar-refractivity contribution >= 4 is 6.21 Å². The molecule has 1 rings (SSSR count). The number of nitrogens with zero attached hydrogens (tertiary/aromatic N) is 1. The van der Waals surface area contributed by atoms with Gasteiger partial charge >= 0.3 is 0 Å². The van der Waals surface area contributed by atoms with Gasteiger partial charge in [-0.3, -0.25) is 0 Å². The van der Waals surface area contributed by atoms with Gasteiger partial charge in [-0.2, -0.15) is 0 Å². The largest absolute Gasteiger partial charge is 0.365 e. The van der Waals surface area contributed by atoms with Crippen LogP contribution in [0, 0.1) is 0 Å². The summed E-state index contributed by atoms with van der Waals surface area (Å²) in [6.07, 6.45) is 8.04.